The lowest BCUT2D eigenvalue weighted by molar-refractivity contribution is 0.0563. The molecule has 0 spiro atoms. The largest absolute Gasteiger partial charge is 0.384 e. The fourth-order valence-electron chi connectivity index (χ4n) is 1.89. The van der Waals surface area contributed by atoms with E-state index in [2.05, 4.69) is 0 Å². The Hall–Kier alpha value is -0.0851. The van der Waals surface area contributed by atoms with Crippen LogP contribution in [-0.4, -0.2) is 39.2 Å². The Morgan fingerprint density at radius 3 is 2.88 bits per heavy atom. The molecule has 0 aromatic carbocycles. The number of hydrogen-bond donors (Lipinski definition) is 1. The van der Waals surface area contributed by atoms with Crippen molar-refractivity contribution in [2.45, 2.75) is 24.8 Å². The van der Waals surface area contributed by atoms with Crippen LogP contribution in [0.25, 0.3) is 0 Å². The van der Waals surface area contributed by atoms with E-state index >= 15 is 0 Å². The molecule has 0 amide bonds. The maximum absolute atomic E-state index is 11.3. The number of ether oxygens (including phenoxy) is 1. The molecule has 0 aliphatic heterocycles. The molecule has 3 unspecified atom stereocenters. The fraction of sp³-hybridized carbons (Fsp3) is 0.800. The highest BCUT2D eigenvalue weighted by atomic mass is 31.2. The third-order valence-electron chi connectivity index (χ3n) is 2.56. The molecule has 1 rings (SSSR count). The van der Waals surface area contributed by atoms with E-state index < -0.39 is 7.60 Å². The van der Waals surface area contributed by atoms with Crippen molar-refractivity contribution < 1.29 is 18.7 Å². The van der Waals surface area contributed by atoms with E-state index in [9.17, 15) is 9.46 Å². The Kier molecular flexibility index (Phi) is 5.25. The first kappa shape index (κ1) is 14.0. The van der Waals surface area contributed by atoms with E-state index in [1.54, 1.807) is 7.11 Å². The lowest BCUT2D eigenvalue weighted by Crippen LogP contribution is -2.26. The zero-order chi connectivity index (χ0) is 12.2. The van der Waals surface area contributed by atoms with Crippen molar-refractivity contribution >= 4 is 15.4 Å². The first-order valence-electron chi connectivity index (χ1n) is 5.32. The summed E-state index contributed by atoms with van der Waals surface area (Å²) in [5.41, 5.74) is 0. The van der Waals surface area contributed by atoms with E-state index in [-0.39, 0.29) is 17.8 Å². The quantitative estimate of drug-likeness (QED) is 0.465. The molecule has 1 aliphatic rings. The molecule has 0 saturated heterocycles. The van der Waals surface area contributed by atoms with Crippen molar-refractivity contribution in [3.63, 3.8) is 0 Å². The lowest BCUT2D eigenvalue weighted by Gasteiger charge is -2.26. The predicted octanol–water partition coefficient (Wildman–Crippen LogP) is 1.76. The highest BCUT2D eigenvalue weighted by Crippen LogP contribution is 2.43. The van der Waals surface area contributed by atoms with Gasteiger partial charge in [-0.25, -0.2) is 0 Å². The molecule has 2 radical (unpaired) electrons. The molecule has 6 heteroatoms. The van der Waals surface area contributed by atoms with Crippen molar-refractivity contribution in [2.24, 2.45) is 5.92 Å². The summed E-state index contributed by atoms with van der Waals surface area (Å²) in [4.78, 5) is 9.27. The summed E-state index contributed by atoms with van der Waals surface area (Å²) in [6.45, 7) is 1.70. The molecule has 1 aliphatic carbocycles. The highest BCUT2D eigenvalue weighted by Gasteiger charge is 2.29. The monoisotopic (exact) mass is 244 g/mol. The van der Waals surface area contributed by atoms with Gasteiger partial charge in [0.25, 0.3) is 0 Å². The normalized spacial score (nSPS) is 34.3. The van der Waals surface area contributed by atoms with Gasteiger partial charge >= 0.3 is 7.60 Å². The molecule has 4 atom stereocenters. The molecule has 1 N–H and O–H groups in total. The molecule has 0 aromatic rings. The number of methoxy groups -OCH3 is 1. The van der Waals surface area contributed by atoms with Gasteiger partial charge in [0.1, 0.15) is 0 Å². The SMILES string of the molecule is [B][C@H]1C=CCC(COC)C(OP(C)(=O)O)C1. The van der Waals surface area contributed by atoms with E-state index in [1.807, 2.05) is 12.2 Å². The van der Waals surface area contributed by atoms with Crippen molar-refractivity contribution in [3.05, 3.63) is 12.2 Å². The van der Waals surface area contributed by atoms with Crippen LogP contribution in [0.15, 0.2) is 12.2 Å². The third kappa shape index (κ3) is 4.83. The third-order valence-corrected chi connectivity index (χ3v) is 3.23. The van der Waals surface area contributed by atoms with Gasteiger partial charge in [0, 0.05) is 19.7 Å². The summed E-state index contributed by atoms with van der Waals surface area (Å²) in [6.07, 6.45) is 4.86. The van der Waals surface area contributed by atoms with Crippen LogP contribution in [0.4, 0.5) is 0 Å². The average Bonchev–Trinajstić information content (AvgIpc) is 2.27. The lowest BCUT2D eigenvalue weighted by atomic mass is 9.82. The molecule has 0 bridgehead atoms. The summed E-state index contributed by atoms with van der Waals surface area (Å²) in [5.74, 6) is -0.0476. The second-order valence-electron chi connectivity index (χ2n) is 4.23. The van der Waals surface area contributed by atoms with Crippen molar-refractivity contribution in [3.8, 4) is 0 Å². The molecular weight excluding hydrogens is 226 g/mol. The smallest absolute Gasteiger partial charge is 0.325 e. The Morgan fingerprint density at radius 1 is 1.62 bits per heavy atom. The molecule has 4 nitrogen and oxygen atoms in total. The van der Waals surface area contributed by atoms with Gasteiger partial charge in [-0.1, -0.05) is 18.0 Å². The summed E-state index contributed by atoms with van der Waals surface area (Å²) >= 11 is 0. The van der Waals surface area contributed by atoms with Crippen LogP contribution in [0.3, 0.4) is 0 Å². The van der Waals surface area contributed by atoms with Crippen LogP contribution in [0.5, 0.6) is 0 Å². The zero-order valence-electron chi connectivity index (χ0n) is 9.70. The highest BCUT2D eigenvalue weighted by molar-refractivity contribution is 7.51. The van der Waals surface area contributed by atoms with Gasteiger partial charge < -0.3 is 14.2 Å². The van der Waals surface area contributed by atoms with Gasteiger partial charge in [0.15, 0.2) is 0 Å². The minimum atomic E-state index is -3.48. The van der Waals surface area contributed by atoms with Gasteiger partial charge in [-0.3, -0.25) is 4.57 Å². The first-order chi connectivity index (χ1) is 7.42. The number of rotatable bonds is 4. The summed E-state index contributed by atoms with van der Waals surface area (Å²) in [6, 6.07) is 0. The zero-order valence-corrected chi connectivity index (χ0v) is 10.6. The summed E-state index contributed by atoms with van der Waals surface area (Å²) < 4.78 is 21.6. The van der Waals surface area contributed by atoms with Crippen LogP contribution in [0, 0.1) is 5.92 Å². The van der Waals surface area contributed by atoms with Crippen molar-refractivity contribution in [1.82, 2.24) is 0 Å². The van der Waals surface area contributed by atoms with Crippen LogP contribution < -0.4 is 0 Å². The minimum absolute atomic E-state index is 0.0789. The standard InChI is InChI=1S/C10H18BO4P/c1-14-7-8-4-3-5-9(11)6-10(8)15-16(2,12)13/h3,5,8-10H,4,6-7H2,1-2H3,(H,12,13)/t8?,9-,10?/m0/s1. The van der Waals surface area contributed by atoms with Crippen molar-refractivity contribution in [1.29, 1.82) is 0 Å². The van der Waals surface area contributed by atoms with Crippen LogP contribution in [-0.2, 0) is 13.8 Å². The van der Waals surface area contributed by atoms with Crippen LogP contribution in [0.1, 0.15) is 12.8 Å². The van der Waals surface area contributed by atoms with E-state index in [0.29, 0.717) is 13.0 Å². The van der Waals surface area contributed by atoms with Gasteiger partial charge in [0.2, 0.25) is 0 Å². The van der Waals surface area contributed by atoms with Crippen LogP contribution in [0.2, 0.25) is 5.82 Å². The first-order valence-corrected chi connectivity index (χ1v) is 7.34. The Labute approximate surface area is 98.0 Å². The van der Waals surface area contributed by atoms with Gasteiger partial charge in [0.05, 0.1) is 20.6 Å². The Morgan fingerprint density at radius 2 is 2.31 bits per heavy atom. The van der Waals surface area contributed by atoms with Gasteiger partial charge in [-0.05, 0) is 12.8 Å². The molecule has 0 aromatic heterocycles. The Balaban J connectivity index is 2.70. The Bertz CT molecular complexity index is 289. The van der Waals surface area contributed by atoms with Gasteiger partial charge in [-0.2, -0.15) is 0 Å². The van der Waals surface area contributed by atoms with E-state index in [0.717, 1.165) is 6.42 Å². The van der Waals surface area contributed by atoms with E-state index in [4.69, 9.17) is 17.1 Å². The summed E-state index contributed by atoms with van der Waals surface area (Å²) in [7, 11) is 3.95. The molecular formula is C10H18BO4P. The summed E-state index contributed by atoms with van der Waals surface area (Å²) in [5, 5.41) is 0. The fourth-order valence-corrected chi connectivity index (χ4v) is 2.65. The van der Waals surface area contributed by atoms with Crippen molar-refractivity contribution in [2.75, 3.05) is 20.4 Å². The molecule has 0 fully saturated rings. The maximum atomic E-state index is 11.3. The molecule has 16 heavy (non-hydrogen) atoms. The second-order valence-corrected chi connectivity index (χ2v) is 6.04. The number of hydrogen-bond acceptors (Lipinski definition) is 3. The predicted molar refractivity (Wildman–Crippen MR) is 63.9 cm³/mol. The molecule has 90 valence electrons. The number of allylic oxidation sites excluding steroid dienone is 2. The molecule has 0 heterocycles. The van der Waals surface area contributed by atoms with Gasteiger partial charge in [-0.15, -0.1) is 0 Å². The van der Waals surface area contributed by atoms with E-state index in [1.165, 1.54) is 6.66 Å². The average molecular weight is 244 g/mol. The topological polar surface area (TPSA) is 55.8 Å². The minimum Gasteiger partial charge on any atom is -0.384 e. The van der Waals surface area contributed by atoms with Crippen LogP contribution >= 0.6 is 7.60 Å². The molecule has 0 saturated carbocycles. The second kappa shape index (κ2) is 6.01. The maximum Gasteiger partial charge on any atom is 0.325 e.